The monoisotopic (exact) mass is 328 g/mol. The topological polar surface area (TPSA) is 32.3 Å². The Labute approximate surface area is 130 Å². The predicted molar refractivity (Wildman–Crippen MR) is 77.4 cm³/mol. The lowest BCUT2D eigenvalue weighted by Crippen LogP contribution is -2.47. The molecule has 2 rings (SSSR count). The zero-order chi connectivity index (χ0) is 14.8. The van der Waals surface area contributed by atoms with Gasteiger partial charge in [0, 0.05) is 25.0 Å². The van der Waals surface area contributed by atoms with Crippen molar-refractivity contribution in [2.75, 3.05) is 20.1 Å². The van der Waals surface area contributed by atoms with Crippen LogP contribution in [0.2, 0.25) is 0 Å². The highest BCUT2D eigenvalue weighted by molar-refractivity contribution is 5.85. The van der Waals surface area contributed by atoms with E-state index < -0.39 is 18.0 Å². The fourth-order valence-electron chi connectivity index (χ4n) is 3.36. The smallest absolute Gasteiger partial charge is 0.342 e. The van der Waals surface area contributed by atoms with Crippen LogP contribution >= 0.6 is 12.4 Å². The van der Waals surface area contributed by atoms with Crippen molar-refractivity contribution in [1.29, 1.82) is 0 Å². The fourth-order valence-corrected chi connectivity index (χ4v) is 3.36. The lowest BCUT2D eigenvalue weighted by Gasteiger charge is -2.37. The van der Waals surface area contributed by atoms with Crippen molar-refractivity contribution in [3.05, 3.63) is 0 Å². The summed E-state index contributed by atoms with van der Waals surface area (Å²) >= 11 is 0. The molecule has 21 heavy (non-hydrogen) atoms. The molecule has 1 heterocycles. The molecule has 2 fully saturated rings. The van der Waals surface area contributed by atoms with Crippen molar-refractivity contribution in [1.82, 2.24) is 10.2 Å². The maximum atomic E-state index is 12.8. The minimum absolute atomic E-state index is 0. The van der Waals surface area contributed by atoms with Gasteiger partial charge in [-0.1, -0.05) is 6.42 Å². The van der Waals surface area contributed by atoms with Crippen LogP contribution in [-0.4, -0.2) is 43.2 Å². The summed E-state index contributed by atoms with van der Waals surface area (Å²) in [6.45, 7) is 1.33. The van der Waals surface area contributed by atoms with Crippen LogP contribution in [0.4, 0.5) is 13.2 Å². The summed E-state index contributed by atoms with van der Waals surface area (Å²) in [6.07, 6.45) is -1.11. The molecule has 3 nitrogen and oxygen atoms in total. The third-order valence-electron chi connectivity index (χ3n) is 4.70. The van der Waals surface area contributed by atoms with Crippen molar-refractivity contribution in [3.8, 4) is 0 Å². The van der Waals surface area contributed by atoms with Crippen LogP contribution in [0, 0.1) is 11.8 Å². The minimum atomic E-state index is -4.15. The predicted octanol–water partition coefficient (Wildman–Crippen LogP) is 2.99. The number of nitrogens with zero attached hydrogens (tertiary/aromatic N) is 1. The molecule has 7 heteroatoms. The number of nitrogens with one attached hydrogen (secondary N) is 1. The van der Waals surface area contributed by atoms with Crippen LogP contribution in [0.25, 0.3) is 0 Å². The molecule has 0 radical (unpaired) electrons. The van der Waals surface area contributed by atoms with Crippen LogP contribution in [0.1, 0.15) is 38.5 Å². The average molecular weight is 329 g/mol. The third kappa shape index (κ3) is 4.74. The van der Waals surface area contributed by atoms with Crippen molar-refractivity contribution in [3.63, 3.8) is 0 Å². The van der Waals surface area contributed by atoms with Crippen LogP contribution in [-0.2, 0) is 4.79 Å². The molecular weight excluding hydrogens is 305 g/mol. The Bertz CT molecular complexity index is 344. The van der Waals surface area contributed by atoms with E-state index in [0.717, 1.165) is 12.8 Å². The number of hydrogen-bond acceptors (Lipinski definition) is 2. The van der Waals surface area contributed by atoms with Crippen molar-refractivity contribution in [2.24, 2.45) is 11.8 Å². The molecule has 1 saturated heterocycles. The first-order valence-corrected chi connectivity index (χ1v) is 7.44. The van der Waals surface area contributed by atoms with Gasteiger partial charge in [0.15, 0.2) is 0 Å². The van der Waals surface area contributed by atoms with Crippen LogP contribution in [0.15, 0.2) is 0 Å². The van der Waals surface area contributed by atoms with Gasteiger partial charge in [-0.15, -0.1) is 12.4 Å². The maximum Gasteiger partial charge on any atom is 0.391 e. The Kier molecular flexibility index (Phi) is 6.78. The van der Waals surface area contributed by atoms with E-state index in [2.05, 4.69) is 5.32 Å². The van der Waals surface area contributed by atoms with E-state index in [0.29, 0.717) is 32.0 Å². The molecule has 1 amide bonds. The van der Waals surface area contributed by atoms with E-state index in [1.54, 1.807) is 4.90 Å². The Morgan fingerprint density at radius 3 is 2.29 bits per heavy atom. The molecule has 2 aliphatic rings. The van der Waals surface area contributed by atoms with Crippen LogP contribution < -0.4 is 5.32 Å². The maximum absolute atomic E-state index is 12.8. The highest BCUT2D eigenvalue weighted by Crippen LogP contribution is 2.40. The van der Waals surface area contributed by atoms with E-state index in [-0.39, 0.29) is 31.2 Å². The third-order valence-corrected chi connectivity index (χ3v) is 4.70. The minimum Gasteiger partial charge on any atom is -0.342 e. The molecule has 2 atom stereocenters. The lowest BCUT2D eigenvalue weighted by atomic mass is 9.80. The van der Waals surface area contributed by atoms with Gasteiger partial charge in [0.25, 0.3) is 0 Å². The molecule has 0 aromatic carbocycles. The van der Waals surface area contributed by atoms with E-state index in [1.807, 2.05) is 7.05 Å². The summed E-state index contributed by atoms with van der Waals surface area (Å²) in [5.74, 6) is -1.78. The molecule has 0 aromatic rings. The number of hydrogen-bond donors (Lipinski definition) is 1. The molecule has 2 unspecified atom stereocenters. The first kappa shape index (κ1) is 18.6. The summed E-state index contributed by atoms with van der Waals surface area (Å²) < 4.78 is 38.4. The van der Waals surface area contributed by atoms with E-state index in [4.69, 9.17) is 0 Å². The molecule has 1 aliphatic carbocycles. The number of alkyl halides is 3. The average Bonchev–Trinajstić information content (AvgIpc) is 2.46. The van der Waals surface area contributed by atoms with Crippen LogP contribution in [0.5, 0.6) is 0 Å². The second-order valence-corrected chi connectivity index (χ2v) is 5.99. The number of halogens is 4. The lowest BCUT2D eigenvalue weighted by molar-refractivity contribution is -0.187. The van der Waals surface area contributed by atoms with Gasteiger partial charge in [0.05, 0.1) is 5.92 Å². The van der Waals surface area contributed by atoms with Gasteiger partial charge in [0.1, 0.15) is 0 Å². The Morgan fingerprint density at radius 2 is 1.76 bits per heavy atom. The highest BCUT2D eigenvalue weighted by Gasteiger charge is 2.44. The number of carbonyl (C=O) groups excluding carboxylic acids is 1. The molecule has 0 spiro atoms. The van der Waals surface area contributed by atoms with Crippen molar-refractivity contribution in [2.45, 2.75) is 50.7 Å². The quantitative estimate of drug-likeness (QED) is 0.845. The first-order valence-electron chi connectivity index (χ1n) is 7.44. The Morgan fingerprint density at radius 1 is 1.14 bits per heavy atom. The van der Waals surface area contributed by atoms with E-state index in [1.165, 1.54) is 0 Å². The number of rotatable bonds is 2. The first-order chi connectivity index (χ1) is 9.41. The van der Waals surface area contributed by atoms with Crippen molar-refractivity contribution >= 4 is 18.3 Å². The van der Waals surface area contributed by atoms with Gasteiger partial charge in [-0.05, 0) is 39.2 Å². The molecule has 1 aliphatic heterocycles. The fraction of sp³-hybridized carbons (Fsp3) is 0.929. The highest BCUT2D eigenvalue weighted by atomic mass is 35.5. The molecular formula is C14H24ClF3N2O. The summed E-state index contributed by atoms with van der Waals surface area (Å²) in [7, 11) is 1.90. The summed E-state index contributed by atoms with van der Waals surface area (Å²) in [5, 5.41) is 3.18. The Hall–Kier alpha value is -0.490. The van der Waals surface area contributed by atoms with Gasteiger partial charge >= 0.3 is 6.18 Å². The van der Waals surface area contributed by atoms with E-state index >= 15 is 0 Å². The number of piperidine rings is 1. The second kappa shape index (κ2) is 7.68. The normalized spacial score (nSPS) is 28.1. The SMILES string of the molecule is CNC1CCN(C(=O)C2CCCC(C(F)(F)F)C2)CC1.Cl. The van der Waals surface area contributed by atoms with Gasteiger partial charge in [-0.25, -0.2) is 0 Å². The second-order valence-electron chi connectivity index (χ2n) is 5.99. The number of carbonyl (C=O) groups is 1. The molecule has 0 bridgehead atoms. The molecule has 1 N–H and O–H groups in total. The summed E-state index contributed by atoms with van der Waals surface area (Å²) in [5.41, 5.74) is 0. The van der Waals surface area contributed by atoms with Gasteiger partial charge in [0.2, 0.25) is 5.91 Å². The standard InChI is InChI=1S/C14H23F3N2O.ClH/c1-18-12-5-7-19(8-6-12)13(20)10-3-2-4-11(9-10)14(15,16)17;/h10-12,18H,2-9H2,1H3;1H. The van der Waals surface area contributed by atoms with Gasteiger partial charge < -0.3 is 10.2 Å². The molecule has 124 valence electrons. The Balaban J connectivity index is 0.00000220. The largest absolute Gasteiger partial charge is 0.391 e. The van der Waals surface area contributed by atoms with Crippen LogP contribution in [0.3, 0.4) is 0 Å². The van der Waals surface area contributed by atoms with Gasteiger partial charge in [-0.3, -0.25) is 4.79 Å². The van der Waals surface area contributed by atoms with E-state index in [9.17, 15) is 18.0 Å². The number of amides is 1. The summed E-state index contributed by atoms with van der Waals surface area (Å²) in [4.78, 5) is 14.1. The molecule has 0 aromatic heterocycles. The molecule has 1 saturated carbocycles. The number of likely N-dealkylation sites (tertiary alicyclic amines) is 1. The zero-order valence-electron chi connectivity index (χ0n) is 12.3. The van der Waals surface area contributed by atoms with Gasteiger partial charge in [-0.2, -0.15) is 13.2 Å². The van der Waals surface area contributed by atoms with Crippen molar-refractivity contribution < 1.29 is 18.0 Å². The summed E-state index contributed by atoms with van der Waals surface area (Å²) in [6, 6.07) is 0.424. The zero-order valence-corrected chi connectivity index (χ0v) is 13.1.